The van der Waals surface area contributed by atoms with Crippen LogP contribution in [0.5, 0.6) is 0 Å². The molecule has 1 aromatic carbocycles. The van der Waals surface area contributed by atoms with Gasteiger partial charge in [0, 0.05) is 10.7 Å². The molecule has 0 radical (unpaired) electrons. The highest BCUT2D eigenvalue weighted by atomic mass is 32.1. The quantitative estimate of drug-likeness (QED) is 0.604. The van der Waals surface area contributed by atoms with E-state index in [1.54, 1.807) is 11.3 Å². The number of benzene rings is 1. The minimum absolute atomic E-state index is 0.278. The number of fused-ring (bicyclic) bond motifs is 1. The predicted molar refractivity (Wildman–Crippen MR) is 80.6 cm³/mol. The number of hydrazine groups is 1. The van der Waals surface area contributed by atoms with Crippen molar-refractivity contribution >= 4 is 21.4 Å². The Bertz CT molecular complexity index is 490. The van der Waals surface area contributed by atoms with Crippen molar-refractivity contribution in [1.29, 1.82) is 0 Å². The van der Waals surface area contributed by atoms with Crippen LogP contribution < -0.4 is 11.3 Å². The number of rotatable bonds is 6. The summed E-state index contributed by atoms with van der Waals surface area (Å²) in [6.07, 6.45) is 3.59. The van der Waals surface area contributed by atoms with Crippen LogP contribution in [0.25, 0.3) is 10.1 Å². The minimum Gasteiger partial charge on any atom is -0.271 e. The third kappa shape index (κ3) is 3.10. The van der Waals surface area contributed by atoms with E-state index >= 15 is 0 Å². The van der Waals surface area contributed by atoms with Crippen molar-refractivity contribution in [2.45, 2.75) is 39.2 Å². The van der Waals surface area contributed by atoms with Crippen LogP contribution in [0.4, 0.5) is 0 Å². The van der Waals surface area contributed by atoms with E-state index in [2.05, 4.69) is 48.9 Å². The maximum absolute atomic E-state index is 5.73. The molecule has 0 aliphatic carbocycles. The van der Waals surface area contributed by atoms with Gasteiger partial charge in [-0.3, -0.25) is 11.3 Å². The molecule has 3 heteroatoms. The summed E-state index contributed by atoms with van der Waals surface area (Å²) in [4.78, 5) is 0. The first-order chi connectivity index (χ1) is 8.72. The van der Waals surface area contributed by atoms with Crippen molar-refractivity contribution in [2.24, 2.45) is 11.8 Å². The highest BCUT2D eigenvalue weighted by molar-refractivity contribution is 7.17. The molecule has 1 aromatic heterocycles. The lowest BCUT2D eigenvalue weighted by atomic mass is 9.98. The van der Waals surface area contributed by atoms with E-state index in [9.17, 15) is 0 Å². The molecule has 18 heavy (non-hydrogen) atoms. The molecule has 1 heterocycles. The Morgan fingerprint density at radius 3 is 2.72 bits per heavy atom. The topological polar surface area (TPSA) is 38.0 Å². The molecule has 0 saturated carbocycles. The van der Waals surface area contributed by atoms with E-state index in [0.717, 1.165) is 12.3 Å². The van der Waals surface area contributed by atoms with E-state index in [-0.39, 0.29) is 6.04 Å². The van der Waals surface area contributed by atoms with Crippen molar-refractivity contribution in [2.75, 3.05) is 0 Å². The molecule has 0 saturated heterocycles. The van der Waals surface area contributed by atoms with Crippen LogP contribution in [0.15, 0.2) is 29.6 Å². The summed E-state index contributed by atoms with van der Waals surface area (Å²) in [5.74, 6) is 6.49. The fourth-order valence-electron chi connectivity index (χ4n) is 2.33. The number of hydrogen-bond donors (Lipinski definition) is 2. The smallest absolute Gasteiger partial charge is 0.0474 e. The zero-order valence-corrected chi connectivity index (χ0v) is 12.0. The van der Waals surface area contributed by atoms with Crippen LogP contribution in [0.1, 0.15) is 44.7 Å². The standard InChI is InChI=1S/C15H22N2S/c1-11(2)6-5-8-14(17-16)13-10-18-15-9-4-3-7-12(13)15/h3-4,7,9-11,14,17H,5-6,8,16H2,1-2H3. The average Bonchev–Trinajstić information content (AvgIpc) is 2.78. The van der Waals surface area contributed by atoms with Gasteiger partial charge in [-0.2, -0.15) is 0 Å². The van der Waals surface area contributed by atoms with Crippen molar-refractivity contribution in [3.05, 3.63) is 35.2 Å². The summed E-state index contributed by atoms with van der Waals surface area (Å²) in [5, 5.41) is 3.58. The number of nitrogens with two attached hydrogens (primary N) is 1. The van der Waals surface area contributed by atoms with Crippen molar-refractivity contribution in [1.82, 2.24) is 5.43 Å². The second-order valence-corrected chi connectivity index (χ2v) is 6.14. The van der Waals surface area contributed by atoms with E-state index < -0.39 is 0 Å². The summed E-state index contributed by atoms with van der Waals surface area (Å²) < 4.78 is 1.34. The minimum atomic E-state index is 0.278. The first-order valence-corrected chi connectivity index (χ1v) is 7.52. The lowest BCUT2D eigenvalue weighted by Crippen LogP contribution is -2.27. The Morgan fingerprint density at radius 1 is 1.22 bits per heavy atom. The van der Waals surface area contributed by atoms with Crippen LogP contribution in [-0.2, 0) is 0 Å². The summed E-state index contributed by atoms with van der Waals surface area (Å²) in [5.41, 5.74) is 4.33. The van der Waals surface area contributed by atoms with Gasteiger partial charge in [-0.05, 0) is 34.7 Å². The van der Waals surface area contributed by atoms with Gasteiger partial charge in [-0.15, -0.1) is 11.3 Å². The SMILES string of the molecule is CC(C)CCCC(NN)c1csc2ccccc12. The van der Waals surface area contributed by atoms with E-state index in [0.29, 0.717) is 0 Å². The molecule has 2 rings (SSSR count). The Hall–Kier alpha value is -0.900. The Kier molecular flexibility index (Phi) is 4.75. The largest absolute Gasteiger partial charge is 0.271 e. The lowest BCUT2D eigenvalue weighted by molar-refractivity contribution is 0.457. The summed E-state index contributed by atoms with van der Waals surface area (Å²) >= 11 is 1.80. The van der Waals surface area contributed by atoms with E-state index in [4.69, 9.17) is 5.84 Å². The van der Waals surface area contributed by atoms with Gasteiger partial charge < -0.3 is 0 Å². The van der Waals surface area contributed by atoms with Crippen LogP contribution >= 0.6 is 11.3 Å². The molecular formula is C15H22N2S. The molecule has 2 nitrogen and oxygen atoms in total. The summed E-state index contributed by atoms with van der Waals surface area (Å²) in [7, 11) is 0. The maximum Gasteiger partial charge on any atom is 0.0474 e. The Balaban J connectivity index is 2.12. The third-order valence-electron chi connectivity index (χ3n) is 3.36. The fraction of sp³-hybridized carbons (Fsp3) is 0.467. The molecule has 1 atom stereocenters. The fourth-order valence-corrected chi connectivity index (χ4v) is 3.34. The van der Waals surface area contributed by atoms with E-state index in [1.807, 2.05) is 0 Å². The molecule has 0 aliphatic heterocycles. The van der Waals surface area contributed by atoms with Crippen molar-refractivity contribution in [3.63, 3.8) is 0 Å². The Labute approximate surface area is 113 Å². The summed E-state index contributed by atoms with van der Waals surface area (Å²) in [6, 6.07) is 8.82. The molecule has 1 unspecified atom stereocenters. The van der Waals surface area contributed by atoms with Gasteiger partial charge in [0.25, 0.3) is 0 Å². The van der Waals surface area contributed by atoms with Crippen molar-refractivity contribution in [3.8, 4) is 0 Å². The average molecular weight is 262 g/mol. The molecule has 3 N–H and O–H groups in total. The molecule has 0 spiro atoms. The molecular weight excluding hydrogens is 240 g/mol. The van der Waals surface area contributed by atoms with Crippen LogP contribution in [-0.4, -0.2) is 0 Å². The number of hydrogen-bond acceptors (Lipinski definition) is 3. The molecule has 0 aliphatic rings. The van der Waals surface area contributed by atoms with Gasteiger partial charge in [-0.1, -0.05) is 44.9 Å². The normalized spacial score (nSPS) is 13.3. The Morgan fingerprint density at radius 2 is 2.00 bits per heavy atom. The highest BCUT2D eigenvalue weighted by Gasteiger charge is 2.14. The van der Waals surface area contributed by atoms with Gasteiger partial charge in [0.05, 0.1) is 0 Å². The van der Waals surface area contributed by atoms with Crippen molar-refractivity contribution < 1.29 is 0 Å². The first-order valence-electron chi connectivity index (χ1n) is 6.64. The van der Waals surface area contributed by atoms with Crippen LogP contribution in [0.3, 0.4) is 0 Å². The first kappa shape index (κ1) is 13.5. The van der Waals surface area contributed by atoms with Gasteiger partial charge in [0.15, 0.2) is 0 Å². The van der Waals surface area contributed by atoms with E-state index in [1.165, 1.54) is 28.5 Å². The lowest BCUT2D eigenvalue weighted by Gasteiger charge is -2.16. The molecule has 0 fully saturated rings. The summed E-state index contributed by atoms with van der Waals surface area (Å²) in [6.45, 7) is 4.54. The van der Waals surface area contributed by atoms with Gasteiger partial charge in [0.2, 0.25) is 0 Å². The van der Waals surface area contributed by atoms with Gasteiger partial charge >= 0.3 is 0 Å². The molecule has 0 bridgehead atoms. The number of thiophene rings is 1. The predicted octanol–water partition coefficient (Wildman–Crippen LogP) is 4.23. The zero-order valence-electron chi connectivity index (χ0n) is 11.1. The third-order valence-corrected chi connectivity index (χ3v) is 4.34. The second kappa shape index (κ2) is 6.32. The molecule has 98 valence electrons. The molecule has 0 amide bonds. The number of nitrogens with one attached hydrogen (secondary N) is 1. The van der Waals surface area contributed by atoms with Crippen LogP contribution in [0.2, 0.25) is 0 Å². The highest BCUT2D eigenvalue weighted by Crippen LogP contribution is 2.32. The van der Waals surface area contributed by atoms with Gasteiger partial charge in [-0.25, -0.2) is 0 Å². The van der Waals surface area contributed by atoms with Gasteiger partial charge in [0.1, 0.15) is 0 Å². The van der Waals surface area contributed by atoms with Crippen LogP contribution in [0, 0.1) is 5.92 Å². The molecule has 2 aromatic rings. The second-order valence-electron chi connectivity index (χ2n) is 5.23. The monoisotopic (exact) mass is 262 g/mol. The maximum atomic E-state index is 5.73. The zero-order chi connectivity index (χ0) is 13.0.